The maximum absolute atomic E-state index is 14.1. The molecule has 0 saturated carbocycles. The number of nitrogens with zero attached hydrogens (tertiary/aromatic N) is 4. The number of amides is 2. The van der Waals surface area contributed by atoms with E-state index in [-0.39, 0.29) is 46.4 Å². The summed E-state index contributed by atoms with van der Waals surface area (Å²) in [4.78, 5) is 45.5. The molecule has 0 saturated heterocycles. The predicted octanol–water partition coefficient (Wildman–Crippen LogP) is 7.28. The van der Waals surface area contributed by atoms with Gasteiger partial charge in [-0.25, -0.2) is 27.0 Å². The number of anilines is 3. The van der Waals surface area contributed by atoms with E-state index < -0.39 is 51.5 Å². The number of pyridine rings is 1. The van der Waals surface area contributed by atoms with E-state index in [1.807, 2.05) is 12.1 Å². The van der Waals surface area contributed by atoms with Crippen LogP contribution in [0.25, 0.3) is 16.8 Å². The Morgan fingerprint density at radius 1 is 0.912 bits per heavy atom. The molecule has 57 heavy (non-hydrogen) atoms. The van der Waals surface area contributed by atoms with Crippen LogP contribution in [0.15, 0.2) is 90.0 Å². The predicted molar refractivity (Wildman–Crippen MR) is 216 cm³/mol. The number of sulfone groups is 1. The number of rotatable bonds is 12. The lowest BCUT2D eigenvalue weighted by atomic mass is 9.87. The van der Waals surface area contributed by atoms with Gasteiger partial charge in [-0.15, -0.1) is 17.5 Å². The van der Waals surface area contributed by atoms with Crippen LogP contribution in [0.2, 0.25) is 0 Å². The summed E-state index contributed by atoms with van der Waals surface area (Å²) in [5.74, 6) is -2.57. The van der Waals surface area contributed by atoms with Crippen LogP contribution >= 0.6 is 12.4 Å². The molecule has 2 aromatic heterocycles. The van der Waals surface area contributed by atoms with Crippen LogP contribution < -0.4 is 20.7 Å². The number of aromatic nitrogens is 3. The molecule has 0 aliphatic rings. The van der Waals surface area contributed by atoms with E-state index in [0.717, 1.165) is 22.3 Å². The largest absolute Gasteiger partial charge is 0.495 e. The van der Waals surface area contributed by atoms with Crippen molar-refractivity contribution in [3.8, 4) is 16.9 Å². The number of methoxy groups -OCH3 is 1. The van der Waals surface area contributed by atoms with Gasteiger partial charge >= 0.3 is 12.1 Å². The molecule has 0 bridgehead atoms. The summed E-state index contributed by atoms with van der Waals surface area (Å²) in [6, 6.07) is 19.3. The van der Waals surface area contributed by atoms with Crippen molar-refractivity contribution >= 4 is 63.2 Å². The Hall–Kier alpha value is -5.58. The molecule has 3 atom stereocenters. The number of nitrogens with two attached hydrogens (primary N) is 1. The number of ether oxygens (including phenoxy) is 3. The molecule has 0 aliphatic heterocycles. The first-order valence-electron chi connectivity index (χ1n) is 17.6. The van der Waals surface area contributed by atoms with Crippen molar-refractivity contribution in [2.75, 3.05) is 23.6 Å². The minimum Gasteiger partial charge on any atom is -0.495 e. The smallest absolute Gasteiger partial charge is 0.424 e. The summed E-state index contributed by atoms with van der Waals surface area (Å²) in [5.41, 5.74) is 8.62. The van der Waals surface area contributed by atoms with Crippen molar-refractivity contribution < 1.29 is 41.4 Å². The van der Waals surface area contributed by atoms with E-state index >= 15 is 0 Å². The minimum atomic E-state index is -3.66. The molecule has 0 aliphatic carbocycles. The molecule has 0 radical (unpaired) electrons. The zero-order valence-corrected chi connectivity index (χ0v) is 34.4. The van der Waals surface area contributed by atoms with Crippen molar-refractivity contribution in [3.63, 3.8) is 0 Å². The van der Waals surface area contributed by atoms with E-state index in [0.29, 0.717) is 16.9 Å². The third-order valence-corrected chi connectivity index (χ3v) is 10.1. The Morgan fingerprint density at radius 3 is 2.12 bits per heavy atom. The Balaban J connectivity index is 0.00000720. The maximum atomic E-state index is 14.1. The standard InChI is InChI=1S/C40H45FN6O8S.ClH/c1-23(2)37(54-36(49)34(42)40(4,5)6)55-39(50)47(31-19-18-30(56(8,51)52)21-32(31)53-7)38-44-33-20-13-27(22-46(33)45-38)26-11-16-29(17-12-26)43-35(48)24(3)25-9-14-28(41)15-10-25;/h9-24,34,37H,42H2,1-8H3,(H,43,48);1H/t24-,34-,37?;/m1./s1. The Labute approximate surface area is 336 Å². The minimum absolute atomic E-state index is 0. The first-order chi connectivity index (χ1) is 26.3. The van der Waals surface area contributed by atoms with Crippen molar-refractivity contribution in [1.82, 2.24) is 14.6 Å². The van der Waals surface area contributed by atoms with Gasteiger partial charge in [0.25, 0.3) is 12.2 Å². The van der Waals surface area contributed by atoms with Crippen LogP contribution in [-0.4, -0.2) is 66.7 Å². The van der Waals surface area contributed by atoms with E-state index in [9.17, 15) is 27.2 Å². The number of hydrogen-bond donors (Lipinski definition) is 2. The van der Waals surface area contributed by atoms with E-state index in [4.69, 9.17) is 19.9 Å². The van der Waals surface area contributed by atoms with Gasteiger partial charge in [0.1, 0.15) is 17.6 Å². The number of carbonyl (C=O) groups excluding carboxylic acids is 3. The van der Waals surface area contributed by atoms with Gasteiger partial charge in [0.05, 0.1) is 23.6 Å². The summed E-state index contributed by atoms with van der Waals surface area (Å²) in [6.45, 7) is 10.5. The summed E-state index contributed by atoms with van der Waals surface area (Å²) in [6.07, 6.45) is 0.318. The number of carbonyl (C=O) groups is 3. The normalized spacial score (nSPS) is 13.2. The molecule has 304 valence electrons. The molecule has 0 spiro atoms. The van der Waals surface area contributed by atoms with Gasteiger partial charge in [-0.2, -0.15) is 4.98 Å². The number of fused-ring (bicyclic) bond motifs is 1. The number of nitrogens with one attached hydrogen (secondary N) is 1. The lowest BCUT2D eigenvalue weighted by Crippen LogP contribution is -2.46. The molecule has 2 amide bonds. The molecule has 17 heteroatoms. The molecule has 14 nitrogen and oxygen atoms in total. The molecule has 3 N–H and O–H groups in total. The average Bonchev–Trinajstić information content (AvgIpc) is 3.56. The maximum Gasteiger partial charge on any atom is 0.424 e. The summed E-state index contributed by atoms with van der Waals surface area (Å²) < 4.78 is 56.4. The fraction of sp³-hybridized carbons (Fsp3) is 0.325. The number of esters is 1. The van der Waals surface area contributed by atoms with Crippen LogP contribution in [0.3, 0.4) is 0 Å². The molecule has 5 aromatic rings. The van der Waals surface area contributed by atoms with Crippen LogP contribution in [0.1, 0.15) is 53.0 Å². The van der Waals surface area contributed by atoms with Gasteiger partial charge in [0.2, 0.25) is 5.91 Å². The van der Waals surface area contributed by atoms with Crippen LogP contribution in [0, 0.1) is 17.2 Å². The Bertz CT molecular complexity index is 2350. The molecular weight excluding hydrogens is 779 g/mol. The molecule has 1 unspecified atom stereocenters. The first-order valence-corrected chi connectivity index (χ1v) is 19.5. The van der Waals surface area contributed by atoms with Crippen molar-refractivity contribution in [1.29, 1.82) is 0 Å². The van der Waals surface area contributed by atoms with Crippen LogP contribution in [0.5, 0.6) is 5.75 Å². The first kappa shape index (κ1) is 44.1. The quantitative estimate of drug-likeness (QED) is 0.0952. The highest BCUT2D eigenvalue weighted by Gasteiger charge is 2.35. The SMILES string of the molecule is COc1cc(S(C)(=O)=O)ccc1N(C(=O)OC(OC(=O)[C@@H](N)C(C)(C)C)C(C)C)c1nc2ccc(-c3ccc(NC(=O)[C@H](C)c4ccc(F)cc4)cc3)cn2n1.Cl. The third kappa shape index (κ3) is 10.4. The van der Waals surface area contributed by atoms with Gasteiger partial charge in [-0.05, 0) is 72.0 Å². The van der Waals surface area contributed by atoms with E-state index in [1.165, 1.54) is 42.0 Å². The van der Waals surface area contributed by atoms with E-state index in [1.54, 1.807) is 84.1 Å². The van der Waals surface area contributed by atoms with Gasteiger partial charge < -0.3 is 25.3 Å². The van der Waals surface area contributed by atoms with Crippen LogP contribution in [0.4, 0.5) is 26.5 Å². The zero-order chi connectivity index (χ0) is 41.1. The summed E-state index contributed by atoms with van der Waals surface area (Å²) in [5, 5.41) is 7.46. The number of hydrogen-bond acceptors (Lipinski definition) is 11. The molecular formula is C40H46ClFN6O8S. The monoisotopic (exact) mass is 824 g/mol. The number of halogens is 2. The molecule has 2 heterocycles. The fourth-order valence-corrected chi connectivity index (χ4v) is 6.02. The lowest BCUT2D eigenvalue weighted by Gasteiger charge is -2.29. The van der Waals surface area contributed by atoms with Gasteiger partial charge in [-0.1, -0.05) is 58.9 Å². The van der Waals surface area contributed by atoms with Crippen molar-refractivity contribution in [2.24, 2.45) is 17.1 Å². The highest BCUT2D eigenvalue weighted by Crippen LogP contribution is 2.36. The van der Waals surface area contributed by atoms with Gasteiger partial charge in [0, 0.05) is 35.7 Å². The Kier molecular flexibility index (Phi) is 13.7. The van der Waals surface area contributed by atoms with Crippen LogP contribution in [-0.2, 0) is 28.9 Å². The molecule has 5 rings (SSSR count). The number of benzene rings is 3. The second-order valence-corrected chi connectivity index (χ2v) is 16.7. The topological polar surface area (TPSA) is 185 Å². The Morgan fingerprint density at radius 2 is 1.54 bits per heavy atom. The zero-order valence-electron chi connectivity index (χ0n) is 32.7. The van der Waals surface area contributed by atoms with Gasteiger partial charge in [0.15, 0.2) is 15.5 Å². The van der Waals surface area contributed by atoms with E-state index in [2.05, 4.69) is 15.4 Å². The highest BCUT2D eigenvalue weighted by atomic mass is 35.5. The van der Waals surface area contributed by atoms with Gasteiger partial charge in [-0.3, -0.25) is 9.59 Å². The lowest BCUT2D eigenvalue weighted by molar-refractivity contribution is -0.178. The second kappa shape index (κ2) is 17.7. The van der Waals surface area contributed by atoms with Crippen molar-refractivity contribution in [3.05, 3.63) is 96.4 Å². The fourth-order valence-electron chi connectivity index (χ4n) is 5.39. The summed E-state index contributed by atoms with van der Waals surface area (Å²) >= 11 is 0. The highest BCUT2D eigenvalue weighted by molar-refractivity contribution is 7.90. The second-order valence-electron chi connectivity index (χ2n) is 14.7. The third-order valence-electron chi connectivity index (χ3n) is 8.95. The summed E-state index contributed by atoms with van der Waals surface area (Å²) in [7, 11) is -2.34. The molecule has 0 fully saturated rings. The van der Waals surface area contributed by atoms with Crippen molar-refractivity contribution in [2.45, 2.75) is 64.7 Å². The molecule has 3 aromatic carbocycles. The average molecular weight is 825 g/mol.